The summed E-state index contributed by atoms with van der Waals surface area (Å²) in [6, 6.07) is 14.4. The Hall–Kier alpha value is -2.98. The number of benzene rings is 3. The first-order chi connectivity index (χ1) is 15.0. The van der Waals surface area contributed by atoms with Crippen LogP contribution in [0.3, 0.4) is 0 Å². The Balaban J connectivity index is 1.69. The highest BCUT2D eigenvalue weighted by atomic mass is 35.5. The topological polar surface area (TPSA) is 81.7 Å². The van der Waals surface area contributed by atoms with Gasteiger partial charge in [-0.3, -0.25) is 4.79 Å². The molecule has 0 bridgehead atoms. The Bertz CT molecular complexity index is 1230. The molecule has 0 aromatic heterocycles. The maximum atomic E-state index is 12.5. The van der Waals surface area contributed by atoms with E-state index in [0.29, 0.717) is 21.5 Å². The molecule has 0 radical (unpaired) electrons. The molecule has 32 heavy (non-hydrogen) atoms. The van der Waals surface area contributed by atoms with Crippen LogP contribution in [0.2, 0.25) is 5.02 Å². The highest BCUT2D eigenvalue weighted by Crippen LogP contribution is 2.32. The van der Waals surface area contributed by atoms with Gasteiger partial charge in [-0.05, 0) is 43.3 Å². The number of carbonyl (C=O) groups excluding carboxylic acids is 1. The second kappa shape index (κ2) is 9.25. The standard InChI is InChI=1S/C21H17ClF3NO5S/c1-13(31-19-11-10-18(22)16-4-2-3-5-17(16)19)20(27)26-32(28,29)15-8-6-14(7-9-15)30-12-21(23,24)25/h2-11,13H,12H2,1H3,(H,26,27)/t13-/m0/s1. The molecular formula is C21H17ClF3NO5S. The zero-order chi connectivity index (χ0) is 23.5. The molecule has 0 saturated heterocycles. The highest BCUT2D eigenvalue weighted by Gasteiger charge is 2.28. The molecular weight excluding hydrogens is 471 g/mol. The summed E-state index contributed by atoms with van der Waals surface area (Å²) in [5.41, 5.74) is 0. The molecule has 0 unspecified atom stereocenters. The molecule has 3 aromatic rings. The predicted octanol–water partition coefficient (Wildman–Crippen LogP) is 4.71. The van der Waals surface area contributed by atoms with Crippen LogP contribution in [0.5, 0.6) is 11.5 Å². The lowest BCUT2D eigenvalue weighted by Gasteiger charge is -2.17. The minimum absolute atomic E-state index is 0.168. The Kier molecular flexibility index (Phi) is 6.85. The lowest BCUT2D eigenvalue weighted by molar-refractivity contribution is -0.153. The van der Waals surface area contributed by atoms with Crippen LogP contribution >= 0.6 is 11.6 Å². The first-order valence-electron chi connectivity index (χ1n) is 9.16. The molecule has 1 amide bonds. The molecule has 0 heterocycles. The van der Waals surface area contributed by atoms with Crippen LogP contribution in [0.4, 0.5) is 13.2 Å². The Labute approximate surface area is 186 Å². The number of rotatable bonds is 7. The van der Waals surface area contributed by atoms with Gasteiger partial charge in [0.2, 0.25) is 0 Å². The molecule has 0 aliphatic heterocycles. The van der Waals surface area contributed by atoms with Crippen molar-refractivity contribution >= 4 is 38.3 Å². The molecule has 170 valence electrons. The van der Waals surface area contributed by atoms with E-state index in [1.807, 2.05) is 4.72 Å². The lowest BCUT2D eigenvalue weighted by Crippen LogP contribution is -2.40. The van der Waals surface area contributed by atoms with Gasteiger partial charge in [-0.25, -0.2) is 13.1 Å². The number of halogens is 4. The third-order valence-corrected chi connectivity index (χ3v) is 5.97. The van der Waals surface area contributed by atoms with Gasteiger partial charge in [0, 0.05) is 15.8 Å². The quantitative estimate of drug-likeness (QED) is 0.522. The smallest absolute Gasteiger partial charge is 0.422 e. The van der Waals surface area contributed by atoms with E-state index in [2.05, 4.69) is 4.74 Å². The number of amides is 1. The van der Waals surface area contributed by atoms with Crippen molar-refractivity contribution < 1.29 is 35.9 Å². The maximum absolute atomic E-state index is 12.5. The molecule has 11 heteroatoms. The number of nitrogens with one attached hydrogen (secondary N) is 1. The summed E-state index contributed by atoms with van der Waals surface area (Å²) in [4.78, 5) is 12.1. The minimum Gasteiger partial charge on any atom is -0.484 e. The number of alkyl halides is 3. The van der Waals surface area contributed by atoms with E-state index in [1.165, 1.54) is 6.92 Å². The number of ether oxygens (including phenoxy) is 2. The van der Waals surface area contributed by atoms with Crippen molar-refractivity contribution in [2.24, 2.45) is 0 Å². The predicted molar refractivity (Wildman–Crippen MR) is 112 cm³/mol. The molecule has 0 aliphatic rings. The summed E-state index contributed by atoms with van der Waals surface area (Å²) in [7, 11) is -4.28. The zero-order valence-corrected chi connectivity index (χ0v) is 18.1. The first-order valence-corrected chi connectivity index (χ1v) is 11.0. The summed E-state index contributed by atoms with van der Waals surface area (Å²) in [5.74, 6) is -0.753. The Morgan fingerprint density at radius 3 is 2.28 bits per heavy atom. The van der Waals surface area contributed by atoms with Gasteiger partial charge in [0.05, 0.1) is 4.90 Å². The van der Waals surface area contributed by atoms with Crippen molar-refractivity contribution in [3.05, 3.63) is 65.7 Å². The maximum Gasteiger partial charge on any atom is 0.422 e. The second-order valence-electron chi connectivity index (χ2n) is 6.70. The van der Waals surface area contributed by atoms with Gasteiger partial charge in [0.25, 0.3) is 15.9 Å². The number of carbonyl (C=O) groups is 1. The average Bonchev–Trinajstić information content (AvgIpc) is 2.74. The third kappa shape index (κ3) is 5.83. The van der Waals surface area contributed by atoms with Crippen molar-refractivity contribution in [2.75, 3.05) is 6.61 Å². The van der Waals surface area contributed by atoms with E-state index < -0.39 is 34.8 Å². The Morgan fingerprint density at radius 2 is 1.66 bits per heavy atom. The molecule has 1 atom stereocenters. The van der Waals surface area contributed by atoms with Crippen LogP contribution in [-0.4, -0.2) is 33.2 Å². The van der Waals surface area contributed by atoms with Gasteiger partial charge in [-0.2, -0.15) is 13.2 Å². The number of hydrogen-bond acceptors (Lipinski definition) is 5. The SMILES string of the molecule is C[C@H](Oc1ccc(Cl)c2ccccc12)C(=O)NS(=O)(=O)c1ccc(OCC(F)(F)F)cc1. The summed E-state index contributed by atoms with van der Waals surface area (Å²) in [6.07, 6.45) is -5.70. The van der Waals surface area contributed by atoms with Crippen LogP contribution in [0.25, 0.3) is 10.8 Å². The van der Waals surface area contributed by atoms with E-state index in [-0.39, 0.29) is 10.6 Å². The monoisotopic (exact) mass is 487 g/mol. The fraction of sp³-hybridized carbons (Fsp3) is 0.190. The van der Waals surface area contributed by atoms with Gasteiger partial charge < -0.3 is 9.47 Å². The van der Waals surface area contributed by atoms with Gasteiger partial charge in [0.1, 0.15) is 11.5 Å². The van der Waals surface area contributed by atoms with E-state index >= 15 is 0 Å². The van der Waals surface area contributed by atoms with E-state index in [4.69, 9.17) is 16.3 Å². The van der Waals surface area contributed by atoms with Crippen molar-refractivity contribution in [3.63, 3.8) is 0 Å². The summed E-state index contributed by atoms with van der Waals surface area (Å²) in [5, 5.41) is 1.85. The fourth-order valence-electron chi connectivity index (χ4n) is 2.74. The normalized spacial score (nSPS) is 12.9. The van der Waals surface area contributed by atoms with Gasteiger partial charge in [-0.1, -0.05) is 35.9 Å². The van der Waals surface area contributed by atoms with Crippen molar-refractivity contribution in [2.45, 2.75) is 24.1 Å². The van der Waals surface area contributed by atoms with Gasteiger partial charge >= 0.3 is 6.18 Å². The molecule has 3 aromatic carbocycles. The van der Waals surface area contributed by atoms with Crippen molar-refractivity contribution in [3.8, 4) is 11.5 Å². The van der Waals surface area contributed by atoms with Crippen molar-refractivity contribution in [1.82, 2.24) is 4.72 Å². The molecule has 0 spiro atoms. The molecule has 0 aliphatic carbocycles. The first kappa shape index (κ1) is 23.7. The molecule has 6 nitrogen and oxygen atoms in total. The number of fused-ring (bicyclic) bond motifs is 1. The number of sulfonamides is 1. The average molecular weight is 488 g/mol. The minimum atomic E-state index is -4.52. The summed E-state index contributed by atoms with van der Waals surface area (Å²) in [6.45, 7) is -0.133. The molecule has 3 rings (SSSR count). The van der Waals surface area contributed by atoms with Gasteiger partial charge in [-0.15, -0.1) is 0 Å². The second-order valence-corrected chi connectivity index (χ2v) is 8.79. The van der Waals surface area contributed by atoms with Gasteiger partial charge in [0.15, 0.2) is 12.7 Å². The van der Waals surface area contributed by atoms with Crippen LogP contribution in [0.15, 0.2) is 65.6 Å². The van der Waals surface area contributed by atoms with E-state index in [0.717, 1.165) is 24.3 Å². The lowest BCUT2D eigenvalue weighted by atomic mass is 10.1. The number of hydrogen-bond donors (Lipinski definition) is 1. The van der Waals surface area contributed by atoms with Crippen LogP contribution in [0, 0.1) is 0 Å². The summed E-state index contributed by atoms with van der Waals surface area (Å²) >= 11 is 6.16. The highest BCUT2D eigenvalue weighted by molar-refractivity contribution is 7.90. The zero-order valence-electron chi connectivity index (χ0n) is 16.5. The molecule has 1 N–H and O–H groups in total. The fourth-order valence-corrected chi connectivity index (χ4v) is 4.01. The summed E-state index contributed by atoms with van der Waals surface area (Å²) < 4.78 is 73.6. The van der Waals surface area contributed by atoms with Crippen LogP contribution in [0.1, 0.15) is 6.92 Å². The largest absolute Gasteiger partial charge is 0.484 e. The molecule has 0 fully saturated rings. The molecule has 0 saturated carbocycles. The van der Waals surface area contributed by atoms with E-state index in [9.17, 15) is 26.4 Å². The van der Waals surface area contributed by atoms with Crippen molar-refractivity contribution in [1.29, 1.82) is 0 Å². The van der Waals surface area contributed by atoms with E-state index in [1.54, 1.807) is 36.4 Å². The van der Waals surface area contributed by atoms with Crippen LogP contribution < -0.4 is 14.2 Å². The Morgan fingerprint density at radius 1 is 1.03 bits per heavy atom. The van der Waals surface area contributed by atoms with Crippen LogP contribution in [-0.2, 0) is 14.8 Å². The third-order valence-electron chi connectivity index (χ3n) is 4.28.